The summed E-state index contributed by atoms with van der Waals surface area (Å²) in [7, 11) is 0. The first kappa shape index (κ1) is 16.2. The van der Waals surface area contributed by atoms with Gasteiger partial charge in [-0.05, 0) is 0 Å². The number of hydrogen-bond acceptors (Lipinski definition) is 3. The van der Waals surface area contributed by atoms with Crippen molar-refractivity contribution in [1.29, 1.82) is 0 Å². The minimum absolute atomic E-state index is 0. The van der Waals surface area contributed by atoms with E-state index in [1.165, 1.54) is 13.8 Å². The van der Waals surface area contributed by atoms with E-state index in [-0.39, 0.29) is 38.3 Å². The molecule has 0 aliphatic carbocycles. The van der Waals surface area contributed by atoms with Crippen LogP contribution in [0.15, 0.2) is 0 Å². The van der Waals surface area contributed by atoms with Gasteiger partial charge < -0.3 is 4.74 Å². The molecular formula is C4H7LiO3Rh. The summed E-state index contributed by atoms with van der Waals surface area (Å²) in [5.74, 6) is -1.12. The van der Waals surface area contributed by atoms with Crippen LogP contribution in [-0.2, 0) is 33.8 Å². The molecule has 0 aliphatic heterocycles. The van der Waals surface area contributed by atoms with Gasteiger partial charge in [0.25, 0.3) is 0 Å². The molecule has 0 saturated heterocycles. The van der Waals surface area contributed by atoms with E-state index >= 15 is 0 Å². The summed E-state index contributed by atoms with van der Waals surface area (Å²) in [5.41, 5.74) is 0. The van der Waals surface area contributed by atoms with Crippen LogP contribution < -0.4 is 0 Å². The van der Waals surface area contributed by atoms with Crippen molar-refractivity contribution >= 4 is 30.8 Å². The van der Waals surface area contributed by atoms with Crippen molar-refractivity contribution in [3.8, 4) is 0 Å². The fraction of sp³-hybridized carbons (Fsp3) is 0.500. The minimum atomic E-state index is -0.562. The largest absolute Gasteiger partial charge is 0 e. The molecule has 3 nitrogen and oxygen atoms in total. The van der Waals surface area contributed by atoms with Crippen LogP contribution in [-0.4, -0.2) is 30.8 Å². The Labute approximate surface area is 78.5 Å². The Kier molecular flexibility index (Phi) is 15.0. The normalized spacial score (nSPS) is 6.00. The maximum absolute atomic E-state index is 9.81. The molecule has 1 radical (unpaired) electrons. The Morgan fingerprint density at radius 1 is 1.11 bits per heavy atom. The summed E-state index contributed by atoms with van der Waals surface area (Å²) in [5, 5.41) is 0. The molecule has 0 aromatic carbocycles. The molecule has 0 rings (SSSR count). The molecule has 0 spiro atoms. The summed E-state index contributed by atoms with van der Waals surface area (Å²) in [6.45, 7) is 2.36. The second kappa shape index (κ2) is 8.36. The molecule has 0 aromatic rings. The van der Waals surface area contributed by atoms with Crippen molar-refractivity contribution in [2.75, 3.05) is 0 Å². The molecule has 0 atom stereocenters. The minimum Gasteiger partial charge on any atom is 0 e. The van der Waals surface area contributed by atoms with Gasteiger partial charge >= 0.3 is 30.8 Å². The molecule has 9 heavy (non-hydrogen) atoms. The average Bonchev–Trinajstić information content (AvgIpc) is 1.27. The molecule has 0 saturated carbocycles. The summed E-state index contributed by atoms with van der Waals surface area (Å²) in [6.07, 6.45) is 0. The average molecular weight is 213 g/mol. The van der Waals surface area contributed by atoms with Gasteiger partial charge in [0.15, 0.2) is 0 Å². The molecule has 51 valence electrons. The van der Waals surface area contributed by atoms with Crippen molar-refractivity contribution in [3.63, 3.8) is 0 Å². The Morgan fingerprint density at radius 2 is 1.33 bits per heavy atom. The standard InChI is InChI=1S/C4H6O3.Li.Rh.H/c1-3(5)7-4(2)6;;;/h1-2H3;;;. The molecule has 0 unspecified atom stereocenters. The molecule has 0 aromatic heterocycles. The van der Waals surface area contributed by atoms with Gasteiger partial charge in [0.1, 0.15) is 0 Å². The van der Waals surface area contributed by atoms with E-state index in [4.69, 9.17) is 0 Å². The molecule has 5 heteroatoms. The Bertz CT molecular complexity index is 92.0. The van der Waals surface area contributed by atoms with Crippen LogP contribution in [0.3, 0.4) is 0 Å². The van der Waals surface area contributed by atoms with Crippen molar-refractivity contribution in [1.82, 2.24) is 0 Å². The zero-order valence-corrected chi connectivity index (χ0v) is 6.20. The Morgan fingerprint density at radius 3 is 1.33 bits per heavy atom. The van der Waals surface area contributed by atoms with Gasteiger partial charge in [0.2, 0.25) is 0 Å². The summed E-state index contributed by atoms with van der Waals surface area (Å²) < 4.78 is 3.97. The maximum atomic E-state index is 9.81. The van der Waals surface area contributed by atoms with Crippen LogP contribution in [0.2, 0.25) is 0 Å². The number of esters is 2. The number of ether oxygens (including phenoxy) is 1. The van der Waals surface area contributed by atoms with Crippen molar-refractivity contribution < 1.29 is 33.8 Å². The van der Waals surface area contributed by atoms with Crippen LogP contribution in [0.1, 0.15) is 13.8 Å². The quantitative estimate of drug-likeness (QED) is 0.308. The molecule has 0 heterocycles. The van der Waals surface area contributed by atoms with E-state index < -0.39 is 11.9 Å². The van der Waals surface area contributed by atoms with E-state index in [2.05, 4.69) is 4.74 Å². The third kappa shape index (κ3) is 17.8. The zero-order chi connectivity index (χ0) is 5.86. The van der Waals surface area contributed by atoms with E-state index in [9.17, 15) is 9.59 Å². The first-order chi connectivity index (χ1) is 3.13. The summed E-state index contributed by atoms with van der Waals surface area (Å²) >= 11 is 0. The maximum Gasteiger partial charge on any atom is 0 e. The van der Waals surface area contributed by atoms with Gasteiger partial charge in [-0.2, -0.15) is 0 Å². The third-order valence-electron chi connectivity index (χ3n) is 0.287. The van der Waals surface area contributed by atoms with Gasteiger partial charge in [-0.3, -0.25) is 9.59 Å². The Hall–Kier alpha value is 0.361. The van der Waals surface area contributed by atoms with Crippen LogP contribution in [0, 0.1) is 0 Å². The fourth-order valence-electron chi connectivity index (χ4n) is 0.202. The number of carbonyl (C=O) groups is 2. The predicted octanol–water partition coefficient (Wildman–Crippen LogP) is -0.555. The van der Waals surface area contributed by atoms with Crippen LogP contribution in [0.25, 0.3) is 0 Å². The van der Waals surface area contributed by atoms with E-state index in [0.29, 0.717) is 0 Å². The smallest absolute Gasteiger partial charge is 0 e. The van der Waals surface area contributed by atoms with Crippen molar-refractivity contribution in [3.05, 3.63) is 0 Å². The van der Waals surface area contributed by atoms with E-state index in [0.717, 1.165) is 0 Å². The van der Waals surface area contributed by atoms with Gasteiger partial charge in [-0.15, -0.1) is 0 Å². The van der Waals surface area contributed by atoms with Gasteiger partial charge in [0.05, 0.1) is 0 Å². The van der Waals surface area contributed by atoms with Gasteiger partial charge in [0, 0.05) is 33.3 Å². The van der Waals surface area contributed by atoms with Crippen LogP contribution in [0.4, 0.5) is 0 Å². The molecule has 0 bridgehead atoms. The molecule has 0 aliphatic rings. The van der Waals surface area contributed by atoms with Crippen molar-refractivity contribution in [2.24, 2.45) is 0 Å². The first-order valence-electron chi connectivity index (χ1n) is 1.82. The number of carbonyl (C=O) groups excluding carboxylic acids is 2. The van der Waals surface area contributed by atoms with Gasteiger partial charge in [-0.1, -0.05) is 0 Å². The molecule has 0 amide bonds. The van der Waals surface area contributed by atoms with Gasteiger partial charge in [-0.25, -0.2) is 0 Å². The fourth-order valence-corrected chi connectivity index (χ4v) is 0.202. The second-order valence-corrected chi connectivity index (χ2v) is 1.09. The Balaban J connectivity index is -0.000000180. The number of hydrogen-bond donors (Lipinski definition) is 0. The molecule has 0 fully saturated rings. The van der Waals surface area contributed by atoms with Crippen LogP contribution in [0.5, 0.6) is 0 Å². The SMILES string of the molecule is CC(=O)OC(C)=O.[LiH].[Rh]. The first-order valence-corrected chi connectivity index (χ1v) is 1.82. The second-order valence-electron chi connectivity index (χ2n) is 1.09. The zero-order valence-electron chi connectivity index (χ0n) is 4.56. The molecular weight excluding hydrogens is 206 g/mol. The molecule has 0 N–H and O–H groups in total. The van der Waals surface area contributed by atoms with E-state index in [1.54, 1.807) is 0 Å². The predicted molar refractivity (Wildman–Crippen MR) is 29.6 cm³/mol. The van der Waals surface area contributed by atoms with Crippen LogP contribution >= 0.6 is 0 Å². The summed E-state index contributed by atoms with van der Waals surface area (Å²) in [4.78, 5) is 19.6. The third-order valence-corrected chi connectivity index (χ3v) is 0.287. The summed E-state index contributed by atoms with van der Waals surface area (Å²) in [6, 6.07) is 0. The topological polar surface area (TPSA) is 43.4 Å². The number of rotatable bonds is 0. The van der Waals surface area contributed by atoms with E-state index in [1.807, 2.05) is 0 Å². The van der Waals surface area contributed by atoms with Crippen molar-refractivity contribution in [2.45, 2.75) is 13.8 Å². The monoisotopic (exact) mass is 213 g/mol.